The molecule has 2 rings (SSSR count). The van der Waals surface area contributed by atoms with Crippen LogP contribution in [0.5, 0.6) is 11.5 Å². The van der Waals surface area contributed by atoms with E-state index in [1.54, 1.807) is 0 Å². The van der Waals surface area contributed by atoms with E-state index in [2.05, 4.69) is 13.1 Å². The van der Waals surface area contributed by atoms with Crippen LogP contribution in [0.25, 0.3) is 0 Å². The van der Waals surface area contributed by atoms with E-state index in [1.807, 2.05) is 66.7 Å². The average molecular weight is 270 g/mol. The Bertz CT molecular complexity index is 469. The molecule has 0 saturated heterocycles. The molecule has 0 atom stereocenters. The molecule has 0 aromatic heterocycles. The van der Waals surface area contributed by atoms with Crippen molar-refractivity contribution in [2.24, 2.45) is 0 Å². The Balaban J connectivity index is 2.15. The van der Waals surface area contributed by atoms with Crippen molar-refractivity contribution in [3.63, 3.8) is 0 Å². The maximum Gasteiger partial charge on any atom is 0.461 e. The van der Waals surface area contributed by atoms with Crippen molar-refractivity contribution in [3.8, 4) is 11.5 Å². The molecule has 0 aliphatic carbocycles. The molecule has 0 N–H and O–H groups in total. The first kappa shape index (κ1) is 13.4. The van der Waals surface area contributed by atoms with Crippen LogP contribution in [-0.4, -0.2) is 8.56 Å². The summed E-state index contributed by atoms with van der Waals surface area (Å²) >= 11 is 0. The fourth-order valence-electron chi connectivity index (χ4n) is 1.84. The molecule has 2 aromatic rings. The Morgan fingerprint density at radius 1 is 0.895 bits per heavy atom. The van der Waals surface area contributed by atoms with E-state index >= 15 is 0 Å². The quantitative estimate of drug-likeness (QED) is 0.572. The Kier molecular flexibility index (Phi) is 4.42. The van der Waals surface area contributed by atoms with Crippen molar-refractivity contribution in [2.75, 3.05) is 0 Å². The summed E-state index contributed by atoms with van der Waals surface area (Å²) in [5.41, 5.74) is 0. The first-order valence-electron chi connectivity index (χ1n) is 6.31. The molecular weight excluding hydrogens is 252 g/mol. The third-order valence-electron chi connectivity index (χ3n) is 2.67. The molecule has 19 heavy (non-hydrogen) atoms. The second-order valence-electron chi connectivity index (χ2n) is 4.46. The largest absolute Gasteiger partial charge is 0.512 e. The summed E-state index contributed by atoms with van der Waals surface area (Å²) in [7, 11) is -2.35. The molecule has 0 radical (unpaired) electrons. The summed E-state index contributed by atoms with van der Waals surface area (Å²) in [6.45, 7) is 5.85. The summed E-state index contributed by atoms with van der Waals surface area (Å²) in [5, 5.41) is 0. The lowest BCUT2D eigenvalue weighted by Crippen LogP contribution is -2.44. The van der Waals surface area contributed by atoms with Crippen LogP contribution in [0.1, 0.15) is 0 Å². The van der Waals surface area contributed by atoms with Crippen LogP contribution in [0.4, 0.5) is 0 Å². The molecule has 98 valence electrons. The van der Waals surface area contributed by atoms with Crippen LogP contribution in [0.2, 0.25) is 12.6 Å². The fourth-order valence-corrected chi connectivity index (χ4v) is 3.84. The van der Waals surface area contributed by atoms with Crippen LogP contribution in [0.3, 0.4) is 0 Å². The molecule has 0 bridgehead atoms. The third-order valence-corrected chi connectivity index (χ3v) is 5.03. The smallest absolute Gasteiger partial charge is 0.461 e. The molecule has 0 fully saturated rings. The number of benzene rings is 2. The van der Waals surface area contributed by atoms with E-state index in [9.17, 15) is 0 Å². The highest BCUT2D eigenvalue weighted by Crippen LogP contribution is 2.23. The van der Waals surface area contributed by atoms with Crippen molar-refractivity contribution in [3.05, 3.63) is 73.3 Å². The molecule has 0 aliphatic rings. The van der Waals surface area contributed by atoms with E-state index in [0.29, 0.717) is 0 Å². The zero-order valence-electron chi connectivity index (χ0n) is 11.1. The minimum Gasteiger partial charge on any atom is -0.512 e. The van der Waals surface area contributed by atoms with E-state index in [-0.39, 0.29) is 0 Å². The molecule has 3 heteroatoms. The van der Waals surface area contributed by atoms with Crippen molar-refractivity contribution >= 4 is 8.56 Å². The predicted molar refractivity (Wildman–Crippen MR) is 80.8 cm³/mol. The zero-order valence-corrected chi connectivity index (χ0v) is 12.1. The molecule has 0 amide bonds. The van der Waals surface area contributed by atoms with Gasteiger partial charge in [-0.3, -0.25) is 0 Å². The minimum absolute atomic E-state index is 0.733. The Labute approximate surface area is 115 Å². The van der Waals surface area contributed by atoms with Crippen LogP contribution >= 0.6 is 0 Å². The maximum absolute atomic E-state index is 6.09. The summed E-state index contributed by atoms with van der Waals surface area (Å²) in [5.74, 6) is 1.68. The van der Waals surface area contributed by atoms with Crippen molar-refractivity contribution in [2.45, 2.75) is 12.6 Å². The van der Waals surface area contributed by atoms with Crippen LogP contribution < -0.4 is 8.85 Å². The highest BCUT2D eigenvalue weighted by Gasteiger charge is 2.34. The van der Waals surface area contributed by atoms with Gasteiger partial charge < -0.3 is 8.85 Å². The number of hydrogen-bond donors (Lipinski definition) is 0. The minimum atomic E-state index is -2.35. The second-order valence-corrected chi connectivity index (χ2v) is 7.54. The second kappa shape index (κ2) is 6.25. The van der Waals surface area contributed by atoms with Gasteiger partial charge in [-0.05, 0) is 24.3 Å². The highest BCUT2D eigenvalue weighted by molar-refractivity contribution is 6.68. The van der Waals surface area contributed by atoms with Gasteiger partial charge in [0.1, 0.15) is 11.5 Å². The molecule has 0 unspecified atom stereocenters. The van der Waals surface area contributed by atoms with E-state index in [0.717, 1.165) is 17.5 Å². The summed E-state index contributed by atoms with van der Waals surface area (Å²) in [4.78, 5) is 0. The summed E-state index contributed by atoms with van der Waals surface area (Å²) < 4.78 is 12.2. The average Bonchev–Trinajstić information content (AvgIpc) is 2.41. The van der Waals surface area contributed by atoms with Gasteiger partial charge in [-0.2, -0.15) is 0 Å². The fraction of sp³-hybridized carbons (Fsp3) is 0.125. The van der Waals surface area contributed by atoms with Crippen molar-refractivity contribution in [1.82, 2.24) is 0 Å². The first-order valence-corrected chi connectivity index (χ1v) is 8.83. The zero-order chi connectivity index (χ0) is 13.6. The standard InChI is InChI=1S/C16H18O2Si/c1-3-14-19(2,17-15-10-6-4-7-11-15)18-16-12-8-5-9-13-16/h3-13H,1,14H2,2H3. The molecule has 0 spiro atoms. The van der Waals surface area contributed by atoms with Gasteiger partial charge in [0.15, 0.2) is 0 Å². The van der Waals surface area contributed by atoms with Gasteiger partial charge in [0.05, 0.1) is 0 Å². The monoisotopic (exact) mass is 270 g/mol. The van der Waals surface area contributed by atoms with Crippen LogP contribution in [-0.2, 0) is 0 Å². The van der Waals surface area contributed by atoms with Crippen LogP contribution in [0.15, 0.2) is 73.3 Å². The van der Waals surface area contributed by atoms with Gasteiger partial charge in [0, 0.05) is 12.6 Å². The number of allylic oxidation sites excluding steroid dienone is 1. The first-order chi connectivity index (χ1) is 9.22. The Morgan fingerprint density at radius 2 is 1.32 bits per heavy atom. The maximum atomic E-state index is 6.09. The van der Waals surface area contributed by atoms with Crippen molar-refractivity contribution < 1.29 is 8.85 Å². The number of rotatable bonds is 6. The molecule has 0 saturated carbocycles. The summed E-state index contributed by atoms with van der Waals surface area (Å²) in [6, 6.07) is 20.3. The topological polar surface area (TPSA) is 18.5 Å². The lowest BCUT2D eigenvalue weighted by Gasteiger charge is -2.27. The van der Waals surface area contributed by atoms with E-state index in [4.69, 9.17) is 8.85 Å². The Morgan fingerprint density at radius 3 is 1.68 bits per heavy atom. The Hall–Kier alpha value is -2.00. The highest BCUT2D eigenvalue weighted by atomic mass is 28.4. The van der Waals surface area contributed by atoms with Crippen molar-refractivity contribution in [1.29, 1.82) is 0 Å². The lowest BCUT2D eigenvalue weighted by atomic mass is 10.3. The third kappa shape index (κ3) is 4.00. The molecular formula is C16H18O2Si. The van der Waals surface area contributed by atoms with E-state index in [1.165, 1.54) is 0 Å². The SMILES string of the molecule is C=CC[Si](C)(Oc1ccccc1)Oc1ccccc1. The lowest BCUT2D eigenvalue weighted by molar-refractivity contribution is 0.394. The van der Waals surface area contributed by atoms with Gasteiger partial charge in [-0.25, -0.2) is 0 Å². The van der Waals surface area contributed by atoms with Gasteiger partial charge in [0.2, 0.25) is 0 Å². The summed E-state index contributed by atoms with van der Waals surface area (Å²) in [6.07, 6.45) is 1.86. The number of para-hydroxylation sites is 2. The predicted octanol–water partition coefficient (Wildman–Crippen LogP) is 4.40. The van der Waals surface area contributed by atoms with Gasteiger partial charge >= 0.3 is 8.56 Å². The normalized spacial score (nSPS) is 10.8. The number of hydrogen-bond acceptors (Lipinski definition) is 2. The van der Waals surface area contributed by atoms with Crippen LogP contribution in [0, 0.1) is 0 Å². The molecule has 0 aliphatic heterocycles. The van der Waals surface area contributed by atoms with Gasteiger partial charge in [-0.1, -0.05) is 42.5 Å². The van der Waals surface area contributed by atoms with Gasteiger partial charge in [0.25, 0.3) is 0 Å². The molecule has 0 heterocycles. The van der Waals surface area contributed by atoms with Gasteiger partial charge in [-0.15, -0.1) is 6.58 Å². The molecule has 2 nitrogen and oxygen atoms in total. The van der Waals surface area contributed by atoms with E-state index < -0.39 is 8.56 Å². The molecule has 2 aromatic carbocycles.